The highest BCUT2D eigenvalue weighted by Crippen LogP contribution is 2.21. The van der Waals surface area contributed by atoms with Crippen LogP contribution in [0.3, 0.4) is 0 Å². The lowest BCUT2D eigenvalue weighted by atomic mass is 9.98. The van der Waals surface area contributed by atoms with E-state index < -0.39 is 17.8 Å². The number of para-hydroxylation sites is 1. The molecule has 130 valence electrons. The van der Waals surface area contributed by atoms with Crippen molar-refractivity contribution in [2.45, 2.75) is 5.92 Å². The van der Waals surface area contributed by atoms with Crippen LogP contribution in [0, 0.1) is 0 Å². The maximum absolute atomic E-state index is 12.4. The molecule has 0 aromatic heterocycles. The van der Waals surface area contributed by atoms with E-state index in [1.807, 2.05) is 42.5 Å². The van der Waals surface area contributed by atoms with E-state index in [-0.39, 0.29) is 0 Å². The van der Waals surface area contributed by atoms with Gasteiger partial charge in [0.05, 0.1) is 0 Å². The average molecular weight is 346 g/mol. The normalized spacial score (nSPS) is 11.4. The second-order valence-electron chi connectivity index (χ2n) is 5.74. The lowest BCUT2D eigenvalue weighted by Crippen LogP contribution is -2.27. The molecule has 5 heteroatoms. The Morgan fingerprint density at radius 1 is 0.692 bits per heavy atom. The predicted octanol–water partition coefficient (Wildman–Crippen LogP) is 4.24. The van der Waals surface area contributed by atoms with Crippen molar-refractivity contribution in [3.63, 3.8) is 0 Å². The maximum Gasteiger partial charge on any atom is 0.320 e. The first-order valence-electron chi connectivity index (χ1n) is 8.14. The molecule has 0 heterocycles. The fourth-order valence-corrected chi connectivity index (χ4v) is 2.59. The van der Waals surface area contributed by atoms with Crippen molar-refractivity contribution in [3.05, 3.63) is 90.5 Å². The lowest BCUT2D eigenvalue weighted by Gasteiger charge is -2.14. The zero-order chi connectivity index (χ0) is 18.4. The van der Waals surface area contributed by atoms with Crippen molar-refractivity contribution in [1.29, 1.82) is 0 Å². The molecule has 5 nitrogen and oxygen atoms in total. The van der Waals surface area contributed by atoms with Crippen molar-refractivity contribution in [2.24, 2.45) is 0 Å². The van der Waals surface area contributed by atoms with E-state index in [1.165, 1.54) is 0 Å². The molecule has 3 N–H and O–H groups in total. The van der Waals surface area contributed by atoms with Crippen molar-refractivity contribution in [1.82, 2.24) is 0 Å². The van der Waals surface area contributed by atoms with Gasteiger partial charge in [-0.25, -0.2) is 0 Å². The predicted molar refractivity (Wildman–Crippen MR) is 102 cm³/mol. The molecule has 26 heavy (non-hydrogen) atoms. The molecule has 0 bridgehead atoms. The SMILES string of the molecule is O=C(O)C(C(=O)Nc1ccc(Nc2ccccc2)cc1)c1ccccc1. The Hall–Kier alpha value is -3.60. The number of rotatable bonds is 6. The van der Waals surface area contributed by atoms with Crippen molar-refractivity contribution < 1.29 is 14.7 Å². The summed E-state index contributed by atoms with van der Waals surface area (Å²) in [6.07, 6.45) is 0. The maximum atomic E-state index is 12.4. The first kappa shape index (κ1) is 17.2. The third-order valence-corrected chi connectivity index (χ3v) is 3.86. The molecule has 0 aliphatic rings. The van der Waals surface area contributed by atoms with Crippen molar-refractivity contribution in [2.75, 3.05) is 10.6 Å². The van der Waals surface area contributed by atoms with Gasteiger partial charge in [-0.15, -0.1) is 0 Å². The van der Waals surface area contributed by atoms with Gasteiger partial charge in [0.15, 0.2) is 5.92 Å². The Morgan fingerprint density at radius 3 is 1.77 bits per heavy atom. The molecule has 0 radical (unpaired) electrons. The Kier molecular flexibility index (Phi) is 5.29. The summed E-state index contributed by atoms with van der Waals surface area (Å²) in [6.45, 7) is 0. The Balaban J connectivity index is 1.69. The van der Waals surface area contributed by atoms with Crippen LogP contribution < -0.4 is 10.6 Å². The third kappa shape index (κ3) is 4.27. The Labute approximate surface area is 151 Å². The van der Waals surface area contributed by atoms with Gasteiger partial charge in [-0.3, -0.25) is 9.59 Å². The van der Waals surface area contributed by atoms with Crippen LogP contribution in [0.1, 0.15) is 11.5 Å². The van der Waals surface area contributed by atoms with Gasteiger partial charge in [-0.2, -0.15) is 0 Å². The highest BCUT2D eigenvalue weighted by Gasteiger charge is 2.28. The van der Waals surface area contributed by atoms with Gasteiger partial charge < -0.3 is 15.7 Å². The highest BCUT2D eigenvalue weighted by atomic mass is 16.4. The lowest BCUT2D eigenvalue weighted by molar-refractivity contribution is -0.141. The zero-order valence-electron chi connectivity index (χ0n) is 13.9. The molecular formula is C21H18N2O3. The second kappa shape index (κ2) is 7.98. The first-order chi connectivity index (χ1) is 12.6. The van der Waals surface area contributed by atoms with Crippen LogP contribution in [0.15, 0.2) is 84.9 Å². The molecule has 0 saturated heterocycles. The number of benzene rings is 3. The fraction of sp³-hybridized carbons (Fsp3) is 0.0476. The molecule has 1 unspecified atom stereocenters. The summed E-state index contributed by atoms with van der Waals surface area (Å²) in [5, 5.41) is 15.3. The van der Waals surface area contributed by atoms with Crippen LogP contribution >= 0.6 is 0 Å². The van der Waals surface area contributed by atoms with Crippen LogP contribution in [-0.4, -0.2) is 17.0 Å². The fourth-order valence-electron chi connectivity index (χ4n) is 2.59. The van der Waals surface area contributed by atoms with Crippen LogP contribution in [-0.2, 0) is 9.59 Å². The number of nitrogens with one attached hydrogen (secondary N) is 2. The summed E-state index contributed by atoms with van der Waals surface area (Å²) in [6, 6.07) is 25.3. The number of amides is 1. The molecule has 3 aromatic rings. The summed E-state index contributed by atoms with van der Waals surface area (Å²) < 4.78 is 0. The number of carboxylic acid groups (broad SMARTS) is 1. The minimum absolute atomic E-state index is 0.444. The van der Waals surface area contributed by atoms with Crippen LogP contribution in [0.4, 0.5) is 17.1 Å². The van der Waals surface area contributed by atoms with E-state index >= 15 is 0 Å². The smallest absolute Gasteiger partial charge is 0.320 e. The zero-order valence-corrected chi connectivity index (χ0v) is 13.9. The van der Waals surface area contributed by atoms with Crippen LogP contribution in [0.5, 0.6) is 0 Å². The molecule has 1 amide bonds. The number of anilines is 3. The summed E-state index contributed by atoms with van der Waals surface area (Å²) in [5.74, 6) is -3.01. The number of aliphatic carboxylic acids is 1. The standard InChI is InChI=1S/C21H18N2O3/c24-20(19(21(25)26)15-7-3-1-4-8-15)23-18-13-11-17(12-14-18)22-16-9-5-2-6-10-16/h1-14,19,22H,(H,23,24)(H,25,26). The number of carboxylic acids is 1. The van der Waals surface area contributed by atoms with E-state index in [0.29, 0.717) is 11.3 Å². The van der Waals surface area contributed by atoms with E-state index in [9.17, 15) is 14.7 Å². The van der Waals surface area contributed by atoms with Gasteiger partial charge in [0.1, 0.15) is 0 Å². The molecule has 0 aliphatic carbocycles. The highest BCUT2D eigenvalue weighted by molar-refractivity contribution is 6.08. The minimum Gasteiger partial charge on any atom is -0.480 e. The van der Waals surface area contributed by atoms with Gasteiger partial charge in [0.25, 0.3) is 0 Å². The first-order valence-corrected chi connectivity index (χ1v) is 8.14. The number of carbonyl (C=O) groups excluding carboxylic acids is 1. The minimum atomic E-state index is -1.25. The summed E-state index contributed by atoms with van der Waals surface area (Å²) in [7, 11) is 0. The van der Waals surface area contributed by atoms with Gasteiger partial charge in [0, 0.05) is 17.1 Å². The topological polar surface area (TPSA) is 78.4 Å². The quantitative estimate of drug-likeness (QED) is 0.584. The summed E-state index contributed by atoms with van der Waals surface area (Å²) in [4.78, 5) is 23.9. The van der Waals surface area contributed by atoms with E-state index in [2.05, 4.69) is 10.6 Å². The van der Waals surface area contributed by atoms with E-state index in [4.69, 9.17) is 0 Å². The summed E-state index contributed by atoms with van der Waals surface area (Å²) >= 11 is 0. The third-order valence-electron chi connectivity index (χ3n) is 3.86. The molecule has 3 aromatic carbocycles. The molecule has 0 saturated carbocycles. The van der Waals surface area contributed by atoms with E-state index in [0.717, 1.165) is 11.4 Å². The van der Waals surface area contributed by atoms with Crippen LogP contribution in [0.2, 0.25) is 0 Å². The van der Waals surface area contributed by atoms with Gasteiger partial charge in [-0.1, -0.05) is 48.5 Å². The molecular weight excluding hydrogens is 328 g/mol. The van der Waals surface area contributed by atoms with Crippen molar-refractivity contribution >= 4 is 28.9 Å². The van der Waals surface area contributed by atoms with E-state index in [1.54, 1.807) is 42.5 Å². The monoisotopic (exact) mass is 346 g/mol. The molecule has 0 fully saturated rings. The Bertz CT molecular complexity index is 878. The number of hydrogen-bond donors (Lipinski definition) is 3. The molecule has 0 aliphatic heterocycles. The Morgan fingerprint density at radius 2 is 1.19 bits per heavy atom. The molecule has 0 spiro atoms. The van der Waals surface area contributed by atoms with Crippen LogP contribution in [0.25, 0.3) is 0 Å². The average Bonchev–Trinajstić information content (AvgIpc) is 2.65. The number of carbonyl (C=O) groups is 2. The molecule has 3 rings (SSSR count). The largest absolute Gasteiger partial charge is 0.480 e. The second-order valence-corrected chi connectivity index (χ2v) is 5.74. The van der Waals surface area contributed by atoms with Gasteiger partial charge >= 0.3 is 5.97 Å². The van der Waals surface area contributed by atoms with Gasteiger partial charge in [0.2, 0.25) is 5.91 Å². The van der Waals surface area contributed by atoms with Gasteiger partial charge in [-0.05, 0) is 42.0 Å². The number of hydrogen-bond acceptors (Lipinski definition) is 3. The molecule has 1 atom stereocenters. The van der Waals surface area contributed by atoms with Crippen molar-refractivity contribution in [3.8, 4) is 0 Å². The summed E-state index contributed by atoms with van der Waals surface area (Å²) in [5.41, 5.74) is 2.81.